The molecule has 2 rings (SSSR count). The zero-order valence-electron chi connectivity index (χ0n) is 10.1. The molecule has 1 fully saturated rings. The van der Waals surface area contributed by atoms with Crippen LogP contribution in [0.4, 0.5) is 5.69 Å². The third kappa shape index (κ3) is 2.58. The van der Waals surface area contributed by atoms with Crippen LogP contribution in [0.25, 0.3) is 0 Å². The minimum absolute atomic E-state index is 0.108. The number of anilines is 1. The molecule has 2 N–H and O–H groups in total. The summed E-state index contributed by atoms with van der Waals surface area (Å²) in [6.45, 7) is 4.50. The molecule has 1 amide bonds. The van der Waals surface area contributed by atoms with E-state index in [-0.39, 0.29) is 23.7 Å². The zero-order valence-corrected chi connectivity index (χ0v) is 10.1. The Morgan fingerprint density at radius 2 is 2.29 bits per heavy atom. The summed E-state index contributed by atoms with van der Waals surface area (Å²) in [5, 5.41) is 12.1. The van der Waals surface area contributed by atoms with Crippen LogP contribution in [0, 0.1) is 12.8 Å². The standard InChI is InChI=1S/C13H17NO3/c1-8-5-6-17-12(8)13(16)14-11-4-3-10(15)7-9(11)2/h3-4,7-8,12,15H,5-6H2,1-2H3,(H,14,16). The maximum atomic E-state index is 12.0. The van der Waals surface area contributed by atoms with Gasteiger partial charge in [-0.25, -0.2) is 0 Å². The van der Waals surface area contributed by atoms with Crippen molar-refractivity contribution in [3.63, 3.8) is 0 Å². The summed E-state index contributed by atoms with van der Waals surface area (Å²) < 4.78 is 5.40. The van der Waals surface area contributed by atoms with Gasteiger partial charge in [0.25, 0.3) is 5.91 Å². The highest BCUT2D eigenvalue weighted by atomic mass is 16.5. The lowest BCUT2D eigenvalue weighted by Gasteiger charge is -2.15. The van der Waals surface area contributed by atoms with Gasteiger partial charge in [-0.2, -0.15) is 0 Å². The molecule has 0 spiro atoms. The van der Waals surface area contributed by atoms with Crippen molar-refractivity contribution < 1.29 is 14.6 Å². The van der Waals surface area contributed by atoms with E-state index in [1.165, 1.54) is 0 Å². The Hall–Kier alpha value is -1.55. The minimum Gasteiger partial charge on any atom is -0.508 e. The van der Waals surface area contributed by atoms with E-state index in [4.69, 9.17) is 4.74 Å². The summed E-state index contributed by atoms with van der Waals surface area (Å²) in [4.78, 5) is 12.0. The number of nitrogens with one attached hydrogen (secondary N) is 1. The first-order chi connectivity index (χ1) is 8.08. The molecular weight excluding hydrogens is 218 g/mol. The summed E-state index contributed by atoms with van der Waals surface area (Å²) in [5.74, 6) is 0.349. The highest BCUT2D eigenvalue weighted by Gasteiger charge is 2.30. The van der Waals surface area contributed by atoms with Crippen molar-refractivity contribution in [2.75, 3.05) is 11.9 Å². The van der Waals surface area contributed by atoms with Crippen LogP contribution in [0.15, 0.2) is 18.2 Å². The van der Waals surface area contributed by atoms with Crippen molar-refractivity contribution >= 4 is 11.6 Å². The molecule has 1 aliphatic heterocycles. The van der Waals surface area contributed by atoms with E-state index in [1.807, 2.05) is 13.8 Å². The van der Waals surface area contributed by atoms with Crippen molar-refractivity contribution in [2.24, 2.45) is 5.92 Å². The number of hydrogen-bond acceptors (Lipinski definition) is 3. The van der Waals surface area contributed by atoms with Crippen molar-refractivity contribution in [2.45, 2.75) is 26.4 Å². The largest absolute Gasteiger partial charge is 0.508 e. The van der Waals surface area contributed by atoms with Gasteiger partial charge in [-0.15, -0.1) is 0 Å². The van der Waals surface area contributed by atoms with E-state index in [9.17, 15) is 9.90 Å². The number of benzene rings is 1. The fraction of sp³-hybridized carbons (Fsp3) is 0.462. The summed E-state index contributed by atoms with van der Waals surface area (Å²) in [6, 6.07) is 4.87. The van der Waals surface area contributed by atoms with E-state index in [0.29, 0.717) is 6.61 Å². The van der Waals surface area contributed by atoms with Gasteiger partial charge >= 0.3 is 0 Å². The van der Waals surface area contributed by atoms with Crippen LogP contribution in [-0.2, 0) is 9.53 Å². The molecule has 1 aromatic rings. The minimum atomic E-state index is -0.358. The normalized spacial score (nSPS) is 23.6. The Morgan fingerprint density at radius 1 is 1.53 bits per heavy atom. The number of aromatic hydroxyl groups is 1. The predicted octanol–water partition coefficient (Wildman–Crippen LogP) is 2.06. The third-order valence-electron chi connectivity index (χ3n) is 3.11. The first-order valence-electron chi connectivity index (χ1n) is 5.80. The maximum Gasteiger partial charge on any atom is 0.253 e. The Labute approximate surface area is 101 Å². The maximum absolute atomic E-state index is 12.0. The molecule has 0 saturated carbocycles. The van der Waals surface area contributed by atoms with Crippen LogP contribution in [0.2, 0.25) is 0 Å². The second-order valence-corrected chi connectivity index (χ2v) is 4.55. The number of carbonyl (C=O) groups excluding carboxylic acids is 1. The molecule has 1 heterocycles. The third-order valence-corrected chi connectivity index (χ3v) is 3.11. The van der Waals surface area contributed by atoms with Gasteiger partial charge in [-0.3, -0.25) is 4.79 Å². The number of hydrogen-bond donors (Lipinski definition) is 2. The molecule has 1 aromatic carbocycles. The van der Waals surface area contributed by atoms with E-state index >= 15 is 0 Å². The molecule has 0 aliphatic carbocycles. The fourth-order valence-corrected chi connectivity index (χ4v) is 2.02. The number of aryl methyl sites for hydroxylation is 1. The van der Waals surface area contributed by atoms with E-state index < -0.39 is 0 Å². The van der Waals surface area contributed by atoms with Gasteiger partial charge in [0.1, 0.15) is 11.9 Å². The number of ether oxygens (including phenoxy) is 1. The summed E-state index contributed by atoms with van der Waals surface area (Å²) in [5.41, 5.74) is 1.56. The van der Waals surface area contributed by atoms with Crippen LogP contribution < -0.4 is 5.32 Å². The molecule has 2 unspecified atom stereocenters. The first kappa shape index (κ1) is 11.9. The van der Waals surface area contributed by atoms with E-state index in [0.717, 1.165) is 17.7 Å². The lowest BCUT2D eigenvalue weighted by Crippen LogP contribution is -2.31. The van der Waals surface area contributed by atoms with Crippen molar-refractivity contribution in [1.82, 2.24) is 0 Å². The Bertz CT molecular complexity index is 431. The number of amides is 1. The molecule has 4 nitrogen and oxygen atoms in total. The molecule has 1 aliphatic rings. The first-order valence-corrected chi connectivity index (χ1v) is 5.80. The van der Waals surface area contributed by atoms with Gasteiger partial charge in [0, 0.05) is 12.3 Å². The molecular formula is C13H17NO3. The quantitative estimate of drug-likeness (QED) is 0.771. The Morgan fingerprint density at radius 3 is 2.88 bits per heavy atom. The van der Waals surface area contributed by atoms with Crippen molar-refractivity contribution in [1.29, 1.82) is 0 Å². The zero-order chi connectivity index (χ0) is 12.4. The lowest BCUT2D eigenvalue weighted by molar-refractivity contribution is -0.126. The number of rotatable bonds is 2. The molecule has 0 bridgehead atoms. The number of phenolic OH excluding ortho intramolecular Hbond substituents is 1. The van der Waals surface area contributed by atoms with Crippen LogP contribution >= 0.6 is 0 Å². The van der Waals surface area contributed by atoms with Crippen LogP contribution in [-0.4, -0.2) is 23.7 Å². The molecule has 0 radical (unpaired) electrons. The Balaban J connectivity index is 2.07. The number of phenols is 1. The smallest absolute Gasteiger partial charge is 0.253 e. The second kappa shape index (κ2) is 4.75. The van der Waals surface area contributed by atoms with Crippen molar-refractivity contribution in [3.05, 3.63) is 23.8 Å². The van der Waals surface area contributed by atoms with Crippen molar-refractivity contribution in [3.8, 4) is 5.75 Å². The molecule has 4 heteroatoms. The monoisotopic (exact) mass is 235 g/mol. The second-order valence-electron chi connectivity index (χ2n) is 4.55. The predicted molar refractivity (Wildman–Crippen MR) is 65.0 cm³/mol. The van der Waals surface area contributed by atoms with Crippen LogP contribution in [0.5, 0.6) is 5.75 Å². The average Bonchev–Trinajstić information content (AvgIpc) is 2.68. The van der Waals surface area contributed by atoms with Gasteiger partial charge in [0.15, 0.2) is 0 Å². The van der Waals surface area contributed by atoms with Gasteiger partial charge in [0.05, 0.1) is 0 Å². The van der Waals surface area contributed by atoms with Crippen LogP contribution in [0.1, 0.15) is 18.9 Å². The van der Waals surface area contributed by atoms with Crippen LogP contribution in [0.3, 0.4) is 0 Å². The Kier molecular flexibility index (Phi) is 3.33. The molecule has 17 heavy (non-hydrogen) atoms. The summed E-state index contributed by atoms with van der Waals surface area (Å²) >= 11 is 0. The van der Waals surface area contributed by atoms with Gasteiger partial charge < -0.3 is 15.2 Å². The highest BCUT2D eigenvalue weighted by molar-refractivity contribution is 5.95. The summed E-state index contributed by atoms with van der Waals surface area (Å²) in [7, 11) is 0. The fourth-order valence-electron chi connectivity index (χ4n) is 2.02. The summed E-state index contributed by atoms with van der Waals surface area (Å²) in [6.07, 6.45) is 0.565. The van der Waals surface area contributed by atoms with E-state index in [2.05, 4.69) is 5.32 Å². The lowest BCUT2D eigenvalue weighted by atomic mass is 10.0. The van der Waals surface area contributed by atoms with Gasteiger partial charge in [-0.1, -0.05) is 6.92 Å². The SMILES string of the molecule is Cc1cc(O)ccc1NC(=O)C1OCCC1C. The molecule has 92 valence electrons. The molecule has 2 atom stereocenters. The highest BCUT2D eigenvalue weighted by Crippen LogP contribution is 2.24. The molecule has 1 saturated heterocycles. The van der Waals surface area contributed by atoms with Gasteiger partial charge in [-0.05, 0) is 43.0 Å². The average molecular weight is 235 g/mol. The topological polar surface area (TPSA) is 58.6 Å². The van der Waals surface area contributed by atoms with Gasteiger partial charge in [0.2, 0.25) is 0 Å². The number of carbonyl (C=O) groups is 1. The van der Waals surface area contributed by atoms with E-state index in [1.54, 1.807) is 18.2 Å². The molecule has 0 aromatic heterocycles.